The first-order valence-electron chi connectivity index (χ1n) is 10.2. The van der Waals surface area contributed by atoms with Crippen molar-refractivity contribution >= 4 is 5.91 Å². The summed E-state index contributed by atoms with van der Waals surface area (Å²) < 4.78 is 24.4. The number of nitrogens with zero attached hydrogens (tertiary/aromatic N) is 3. The molecule has 2 N–H and O–H groups in total. The molecule has 9 nitrogen and oxygen atoms in total. The van der Waals surface area contributed by atoms with Crippen LogP contribution in [-0.2, 0) is 20.3 Å². The molecule has 0 aliphatic rings. The molecule has 2 aromatic heterocycles. The first-order chi connectivity index (χ1) is 15.9. The monoisotopic (exact) mass is 448 g/mol. The Balaban J connectivity index is 1.44. The second-order valence-corrected chi connectivity index (χ2v) is 7.34. The summed E-state index contributed by atoms with van der Waals surface area (Å²) in [4.78, 5) is 16.1. The van der Waals surface area contributed by atoms with Gasteiger partial charge in [0, 0.05) is 18.8 Å². The number of aromatic nitrogens is 3. The molecule has 170 valence electrons. The Morgan fingerprint density at radius 1 is 1.09 bits per heavy atom. The number of carbonyl (C=O) groups excluding carboxylic acids is 1. The molecule has 0 spiro atoms. The third kappa shape index (κ3) is 4.98. The van der Waals surface area contributed by atoms with Crippen molar-refractivity contribution in [3.05, 3.63) is 77.3 Å². The van der Waals surface area contributed by atoms with Crippen molar-refractivity contribution in [3.8, 4) is 28.8 Å². The molecule has 0 radical (unpaired) electrons. The van der Waals surface area contributed by atoms with Gasteiger partial charge >= 0.3 is 0 Å². The van der Waals surface area contributed by atoms with Gasteiger partial charge in [0.1, 0.15) is 30.2 Å². The van der Waals surface area contributed by atoms with Crippen molar-refractivity contribution < 1.29 is 23.4 Å². The average Bonchev–Trinajstić information content (AvgIpc) is 3.39. The standard InChI is InChI=1S/C24H24N4O5/c1-15-19(26-23(33-15)17-7-5-4-6-8-17)14-31-20-10-9-16(11-21(20)30-3)13-32-24-18(22(25)29)12-28(2)27-24/h4-12H,13-14H2,1-3H3,(H2,25,29). The normalized spacial score (nSPS) is 10.8. The number of primary amides is 1. The molecule has 0 aliphatic carbocycles. The molecule has 0 bridgehead atoms. The van der Waals surface area contributed by atoms with E-state index in [1.54, 1.807) is 26.3 Å². The van der Waals surface area contributed by atoms with Gasteiger partial charge in [-0.1, -0.05) is 24.3 Å². The number of oxazole rings is 1. The molecule has 1 amide bonds. The third-order valence-electron chi connectivity index (χ3n) is 4.94. The lowest BCUT2D eigenvalue weighted by Crippen LogP contribution is -2.11. The zero-order chi connectivity index (χ0) is 23.4. The first-order valence-corrected chi connectivity index (χ1v) is 10.2. The van der Waals surface area contributed by atoms with Crippen LogP contribution in [0, 0.1) is 6.92 Å². The molecule has 0 unspecified atom stereocenters. The summed E-state index contributed by atoms with van der Waals surface area (Å²) in [5.74, 6) is 1.92. The van der Waals surface area contributed by atoms with E-state index in [4.69, 9.17) is 24.4 Å². The topological polar surface area (TPSA) is 115 Å². The van der Waals surface area contributed by atoms with E-state index in [9.17, 15) is 4.79 Å². The SMILES string of the molecule is COc1cc(COc2nn(C)cc2C(N)=O)ccc1OCc1nc(-c2ccccc2)oc1C. The van der Waals surface area contributed by atoms with Gasteiger partial charge in [-0.2, -0.15) is 0 Å². The molecule has 4 aromatic rings. The molecular formula is C24H24N4O5. The van der Waals surface area contributed by atoms with Crippen LogP contribution < -0.4 is 19.9 Å². The van der Waals surface area contributed by atoms with Gasteiger partial charge < -0.3 is 24.4 Å². The molecular weight excluding hydrogens is 424 g/mol. The number of methoxy groups -OCH3 is 1. The van der Waals surface area contributed by atoms with Gasteiger partial charge in [0.05, 0.1) is 7.11 Å². The van der Waals surface area contributed by atoms with Crippen molar-refractivity contribution in [2.45, 2.75) is 20.1 Å². The zero-order valence-electron chi connectivity index (χ0n) is 18.6. The van der Waals surface area contributed by atoms with Gasteiger partial charge in [0.15, 0.2) is 11.5 Å². The molecule has 0 aliphatic heterocycles. The summed E-state index contributed by atoms with van der Waals surface area (Å²) in [5, 5.41) is 4.12. The van der Waals surface area contributed by atoms with Gasteiger partial charge in [-0.15, -0.1) is 5.10 Å². The molecule has 33 heavy (non-hydrogen) atoms. The van der Waals surface area contributed by atoms with Crippen LogP contribution in [-0.4, -0.2) is 27.8 Å². The maximum absolute atomic E-state index is 11.5. The molecule has 2 aromatic carbocycles. The van der Waals surface area contributed by atoms with Crippen LogP contribution in [0.4, 0.5) is 0 Å². The van der Waals surface area contributed by atoms with E-state index >= 15 is 0 Å². The van der Waals surface area contributed by atoms with E-state index in [1.165, 1.54) is 10.9 Å². The number of carbonyl (C=O) groups is 1. The molecule has 0 saturated heterocycles. The summed E-state index contributed by atoms with van der Waals surface area (Å²) in [5.41, 5.74) is 8.01. The minimum atomic E-state index is -0.599. The Bertz CT molecular complexity index is 1260. The van der Waals surface area contributed by atoms with Gasteiger partial charge in [-0.05, 0) is 36.8 Å². The van der Waals surface area contributed by atoms with E-state index in [0.717, 1.165) is 11.1 Å². The third-order valence-corrected chi connectivity index (χ3v) is 4.94. The van der Waals surface area contributed by atoms with Crippen molar-refractivity contribution in [2.24, 2.45) is 12.8 Å². The molecule has 0 fully saturated rings. The minimum Gasteiger partial charge on any atom is -0.493 e. The summed E-state index contributed by atoms with van der Waals surface area (Å²) >= 11 is 0. The lowest BCUT2D eigenvalue weighted by molar-refractivity contribution is 0.0995. The fourth-order valence-corrected chi connectivity index (χ4v) is 3.23. The lowest BCUT2D eigenvalue weighted by atomic mass is 10.2. The van der Waals surface area contributed by atoms with Crippen LogP contribution >= 0.6 is 0 Å². The number of aryl methyl sites for hydroxylation is 2. The van der Waals surface area contributed by atoms with Crippen LogP contribution in [0.15, 0.2) is 59.1 Å². The Hall–Kier alpha value is -4.27. The van der Waals surface area contributed by atoms with E-state index in [-0.39, 0.29) is 24.7 Å². The average molecular weight is 448 g/mol. The highest BCUT2D eigenvalue weighted by molar-refractivity contribution is 5.94. The number of hydrogen-bond acceptors (Lipinski definition) is 7. The maximum atomic E-state index is 11.5. The Labute approximate surface area is 190 Å². The molecule has 4 rings (SSSR count). The van der Waals surface area contributed by atoms with Crippen LogP contribution in [0.5, 0.6) is 17.4 Å². The molecule has 2 heterocycles. The van der Waals surface area contributed by atoms with Gasteiger partial charge in [-0.25, -0.2) is 4.98 Å². The van der Waals surface area contributed by atoms with Gasteiger partial charge in [-0.3, -0.25) is 9.48 Å². The highest BCUT2D eigenvalue weighted by atomic mass is 16.5. The molecule has 9 heteroatoms. The highest BCUT2D eigenvalue weighted by Crippen LogP contribution is 2.30. The van der Waals surface area contributed by atoms with Crippen molar-refractivity contribution in [2.75, 3.05) is 7.11 Å². The van der Waals surface area contributed by atoms with E-state index < -0.39 is 5.91 Å². The van der Waals surface area contributed by atoms with Crippen LogP contribution in [0.3, 0.4) is 0 Å². The largest absolute Gasteiger partial charge is 0.493 e. The Morgan fingerprint density at radius 2 is 1.88 bits per heavy atom. The number of benzene rings is 2. The van der Waals surface area contributed by atoms with E-state index in [0.29, 0.717) is 28.8 Å². The maximum Gasteiger partial charge on any atom is 0.255 e. The Morgan fingerprint density at radius 3 is 2.61 bits per heavy atom. The lowest BCUT2D eigenvalue weighted by Gasteiger charge is -2.12. The second kappa shape index (κ2) is 9.47. The number of ether oxygens (including phenoxy) is 3. The quantitative estimate of drug-likeness (QED) is 0.416. The predicted molar refractivity (Wildman–Crippen MR) is 120 cm³/mol. The fourth-order valence-electron chi connectivity index (χ4n) is 3.23. The molecule has 0 saturated carbocycles. The smallest absolute Gasteiger partial charge is 0.255 e. The summed E-state index contributed by atoms with van der Waals surface area (Å²) in [6.45, 7) is 2.26. The van der Waals surface area contributed by atoms with Crippen molar-refractivity contribution in [1.29, 1.82) is 0 Å². The van der Waals surface area contributed by atoms with E-state index in [1.807, 2.05) is 43.3 Å². The second-order valence-electron chi connectivity index (χ2n) is 7.34. The van der Waals surface area contributed by atoms with Crippen molar-refractivity contribution in [3.63, 3.8) is 0 Å². The number of nitrogens with two attached hydrogens (primary N) is 1. The minimum absolute atomic E-state index is 0.177. The number of hydrogen-bond donors (Lipinski definition) is 1. The first kappa shape index (κ1) is 21.9. The molecule has 0 atom stereocenters. The summed E-state index contributed by atoms with van der Waals surface area (Å²) in [7, 11) is 3.25. The van der Waals surface area contributed by atoms with Crippen molar-refractivity contribution in [1.82, 2.24) is 14.8 Å². The Kier molecular flexibility index (Phi) is 6.30. The van der Waals surface area contributed by atoms with E-state index in [2.05, 4.69) is 10.1 Å². The number of amides is 1. The van der Waals surface area contributed by atoms with Crippen LogP contribution in [0.1, 0.15) is 27.4 Å². The highest BCUT2D eigenvalue weighted by Gasteiger charge is 2.16. The zero-order valence-corrected chi connectivity index (χ0v) is 18.6. The number of rotatable bonds is 9. The van der Waals surface area contributed by atoms with Crippen LogP contribution in [0.25, 0.3) is 11.5 Å². The fraction of sp³-hybridized carbons (Fsp3) is 0.208. The summed E-state index contributed by atoms with van der Waals surface area (Å²) in [6, 6.07) is 15.1. The predicted octanol–water partition coefficient (Wildman–Crippen LogP) is 3.65. The van der Waals surface area contributed by atoms with Crippen LogP contribution in [0.2, 0.25) is 0 Å². The summed E-state index contributed by atoms with van der Waals surface area (Å²) in [6.07, 6.45) is 1.52. The van der Waals surface area contributed by atoms with Gasteiger partial charge in [0.2, 0.25) is 11.8 Å². The van der Waals surface area contributed by atoms with Gasteiger partial charge in [0.25, 0.3) is 5.91 Å².